The summed E-state index contributed by atoms with van der Waals surface area (Å²) in [6.07, 6.45) is 14.3. The van der Waals surface area contributed by atoms with Gasteiger partial charge in [0, 0.05) is 69.5 Å². The van der Waals surface area contributed by atoms with Gasteiger partial charge in [0.2, 0.25) is 51.4 Å². The third-order valence-electron chi connectivity index (χ3n) is 15.9. The number of carbonyl (C=O) groups is 7. The summed E-state index contributed by atoms with van der Waals surface area (Å²) in [5, 5.41) is 15.1. The van der Waals surface area contributed by atoms with E-state index in [2.05, 4.69) is 31.5 Å². The van der Waals surface area contributed by atoms with Gasteiger partial charge in [0.05, 0.1) is 43.3 Å². The van der Waals surface area contributed by atoms with Gasteiger partial charge < -0.3 is 30.3 Å². The van der Waals surface area contributed by atoms with Gasteiger partial charge in [0.25, 0.3) is 0 Å². The highest BCUT2D eigenvalue weighted by molar-refractivity contribution is 8.00. The summed E-state index contributed by atoms with van der Waals surface area (Å²) >= 11 is 1.67. The van der Waals surface area contributed by atoms with Crippen LogP contribution in [0.25, 0.3) is 0 Å². The van der Waals surface area contributed by atoms with E-state index >= 15 is 0 Å². The topological polar surface area (TPSA) is 242 Å². The Labute approximate surface area is 398 Å². The molecule has 8 aliphatic rings. The molecule has 7 amide bonds. The van der Waals surface area contributed by atoms with E-state index < -0.39 is 45.8 Å². The molecular formula is C46H72N8O11S2. The fourth-order valence-corrected chi connectivity index (χ4v) is 13.9. The van der Waals surface area contributed by atoms with Crippen LogP contribution in [0, 0.1) is 35.5 Å². The van der Waals surface area contributed by atoms with Gasteiger partial charge in [0.1, 0.15) is 17.6 Å². The van der Waals surface area contributed by atoms with Crippen molar-refractivity contribution in [3.05, 3.63) is 0 Å². The molecule has 67 heavy (non-hydrogen) atoms. The van der Waals surface area contributed by atoms with Crippen LogP contribution in [-0.4, -0.2) is 164 Å². The van der Waals surface area contributed by atoms with Gasteiger partial charge in [-0.3, -0.25) is 49.1 Å². The van der Waals surface area contributed by atoms with Crippen molar-refractivity contribution < 1.29 is 51.5 Å². The third kappa shape index (κ3) is 12.8. The third-order valence-corrected chi connectivity index (χ3v) is 18.3. The van der Waals surface area contributed by atoms with Crippen molar-refractivity contribution >= 4 is 63.1 Å². The standard InChI is InChI=1S/C46H72N8O11S2/c1-67(62,63)53-20-15-31(24-53)41(57)48-36(42(58)51-46-49-37(27-66-46)29-5-3-2-4-6-29)26-64-25-28-7-9-30(10-8-28)40(56)47-32-16-18-52(19-17-32)21-22-65-33-11-12-34-35(23-33)45(61)54(44(34)60)38-13-14-39(55)50-43(38)59/h28-38,46,49H,2-27H2,1H3,(H,47,56)(H,48,57)(H,51,58)(H,50,55,59)/t28?,30?,31?,33?,34?,35?,36-,37?,38?,46?/m0/s1. The normalized spacial score (nSPS) is 33.3. The first kappa shape index (κ1) is 50.2. The van der Waals surface area contributed by atoms with E-state index in [4.69, 9.17) is 9.47 Å². The van der Waals surface area contributed by atoms with Crippen LogP contribution < -0.4 is 26.6 Å². The molecule has 0 aromatic heterocycles. The predicted octanol–water partition coefficient (Wildman–Crippen LogP) is 0.817. The van der Waals surface area contributed by atoms with Crippen molar-refractivity contribution in [2.24, 2.45) is 35.5 Å². The molecule has 0 bridgehead atoms. The quantitative estimate of drug-likeness (QED) is 0.127. The molecule has 8 rings (SSSR count). The highest BCUT2D eigenvalue weighted by Gasteiger charge is 2.54. The highest BCUT2D eigenvalue weighted by atomic mass is 32.2. The van der Waals surface area contributed by atoms with Crippen LogP contribution in [0.1, 0.15) is 109 Å². The second kappa shape index (κ2) is 22.7. The maximum atomic E-state index is 13.7. The second-order valence-corrected chi connectivity index (χ2v) is 23.6. The zero-order valence-electron chi connectivity index (χ0n) is 39.0. The van der Waals surface area contributed by atoms with Crippen LogP contribution in [0.5, 0.6) is 0 Å². The van der Waals surface area contributed by atoms with Gasteiger partial charge in [-0.25, -0.2) is 12.7 Å². The number of imide groups is 2. The molecule has 0 aromatic carbocycles. The number of amides is 7. The number of fused-ring (bicyclic) bond motifs is 1. The first-order valence-electron chi connectivity index (χ1n) is 25.1. The Balaban J connectivity index is 0.715. The molecule has 19 nitrogen and oxygen atoms in total. The average Bonchev–Trinajstić information content (AvgIpc) is 4.07. The zero-order valence-corrected chi connectivity index (χ0v) is 40.6. The smallest absolute Gasteiger partial charge is 0.249 e. The molecule has 374 valence electrons. The molecule has 8 fully saturated rings. The molecule has 0 radical (unpaired) electrons. The van der Waals surface area contributed by atoms with Crippen LogP contribution in [-0.2, 0) is 53.1 Å². The average molecular weight is 977 g/mol. The Morgan fingerprint density at radius 2 is 1.57 bits per heavy atom. The maximum absolute atomic E-state index is 13.7. The Morgan fingerprint density at radius 3 is 2.28 bits per heavy atom. The summed E-state index contributed by atoms with van der Waals surface area (Å²) in [7, 11) is -3.42. The number of piperidine rings is 2. The first-order chi connectivity index (χ1) is 32.2. The van der Waals surface area contributed by atoms with Gasteiger partial charge in [-0.05, 0) is 95.3 Å². The van der Waals surface area contributed by atoms with Gasteiger partial charge in [-0.1, -0.05) is 19.3 Å². The Hall–Kier alpha value is -3.21. The lowest BCUT2D eigenvalue weighted by molar-refractivity contribution is -0.151. The van der Waals surface area contributed by atoms with Crippen LogP contribution in [0.4, 0.5) is 0 Å². The van der Waals surface area contributed by atoms with Crippen LogP contribution in [0.15, 0.2) is 0 Å². The van der Waals surface area contributed by atoms with Crippen molar-refractivity contribution in [2.45, 2.75) is 145 Å². The first-order valence-corrected chi connectivity index (χ1v) is 28.0. The van der Waals surface area contributed by atoms with Crippen LogP contribution >= 0.6 is 11.8 Å². The minimum absolute atomic E-state index is 0.00750. The van der Waals surface area contributed by atoms with E-state index in [1.54, 1.807) is 11.8 Å². The van der Waals surface area contributed by atoms with Gasteiger partial charge in [-0.15, -0.1) is 11.8 Å². The van der Waals surface area contributed by atoms with Crippen molar-refractivity contribution in [3.63, 3.8) is 0 Å². The number of thioether (sulfide) groups is 1. The molecule has 7 unspecified atom stereocenters. The highest BCUT2D eigenvalue weighted by Crippen LogP contribution is 2.41. The molecule has 0 spiro atoms. The summed E-state index contributed by atoms with van der Waals surface area (Å²) in [6.45, 7) is 3.65. The second-order valence-electron chi connectivity index (χ2n) is 20.5. The number of nitrogens with one attached hydrogen (secondary N) is 5. The minimum Gasteiger partial charge on any atom is -0.378 e. The van der Waals surface area contributed by atoms with E-state index in [0.717, 1.165) is 75.1 Å². The number of likely N-dealkylation sites (tertiary alicyclic amines) is 2. The Morgan fingerprint density at radius 1 is 0.821 bits per heavy atom. The Kier molecular flexibility index (Phi) is 17.0. The molecular weight excluding hydrogens is 905 g/mol. The lowest BCUT2D eigenvalue weighted by atomic mass is 9.79. The SMILES string of the molecule is CS(=O)(=O)N1CCC(C(=O)N[C@@H](COCC2CCC(C(=O)NC3CCN(CCOC4CCC5C(=O)N(C6CCC(=O)NC6=O)C(=O)C5C4)CC3)CC2)C(=O)NC2NC(C3CCCCC3)CS2)C1. The summed E-state index contributed by atoms with van der Waals surface area (Å²) in [6, 6.07) is -1.41. The Bertz CT molecular complexity index is 1940. The van der Waals surface area contributed by atoms with E-state index in [1.807, 2.05) is 0 Å². The molecule has 5 saturated heterocycles. The lowest BCUT2D eigenvalue weighted by Gasteiger charge is -2.35. The van der Waals surface area contributed by atoms with Crippen LogP contribution in [0.2, 0.25) is 0 Å². The summed E-state index contributed by atoms with van der Waals surface area (Å²) in [4.78, 5) is 94.4. The number of nitrogens with zero attached hydrogens (tertiary/aromatic N) is 3. The minimum atomic E-state index is -3.42. The number of hydrogen-bond donors (Lipinski definition) is 5. The number of rotatable bonds is 17. The predicted molar refractivity (Wildman–Crippen MR) is 247 cm³/mol. The van der Waals surface area contributed by atoms with Crippen LogP contribution in [0.3, 0.4) is 0 Å². The zero-order chi connectivity index (χ0) is 47.2. The molecule has 5 heterocycles. The lowest BCUT2D eigenvalue weighted by Crippen LogP contribution is -2.55. The van der Waals surface area contributed by atoms with E-state index in [1.165, 1.54) is 36.4 Å². The summed E-state index contributed by atoms with van der Waals surface area (Å²) in [5.41, 5.74) is -0.262. The van der Waals surface area contributed by atoms with Gasteiger partial charge in [-0.2, -0.15) is 0 Å². The van der Waals surface area contributed by atoms with E-state index in [-0.39, 0.29) is 97.5 Å². The van der Waals surface area contributed by atoms with E-state index in [0.29, 0.717) is 50.9 Å². The number of carbonyl (C=O) groups excluding carboxylic acids is 7. The van der Waals surface area contributed by atoms with E-state index in [9.17, 15) is 42.0 Å². The summed E-state index contributed by atoms with van der Waals surface area (Å²) < 4.78 is 37.9. The van der Waals surface area contributed by atoms with Crippen molar-refractivity contribution in [3.8, 4) is 0 Å². The number of sulfonamides is 1. The fraction of sp³-hybridized carbons (Fsp3) is 0.848. The molecule has 0 aromatic rings. The molecule has 5 aliphatic heterocycles. The van der Waals surface area contributed by atoms with Crippen molar-refractivity contribution in [2.75, 3.05) is 64.6 Å². The number of hydrogen-bond acceptors (Lipinski definition) is 14. The van der Waals surface area contributed by atoms with Crippen molar-refractivity contribution in [1.82, 2.24) is 40.7 Å². The number of ether oxygens (including phenoxy) is 2. The summed E-state index contributed by atoms with van der Waals surface area (Å²) in [5.74, 6) is -2.01. The van der Waals surface area contributed by atoms with Crippen molar-refractivity contribution in [1.29, 1.82) is 0 Å². The fourth-order valence-electron chi connectivity index (χ4n) is 11.8. The van der Waals surface area contributed by atoms with Gasteiger partial charge >= 0.3 is 0 Å². The molecule has 3 saturated carbocycles. The van der Waals surface area contributed by atoms with Gasteiger partial charge in [0.15, 0.2) is 0 Å². The molecule has 3 aliphatic carbocycles. The largest absolute Gasteiger partial charge is 0.378 e. The monoisotopic (exact) mass is 976 g/mol. The maximum Gasteiger partial charge on any atom is 0.249 e. The molecule has 5 N–H and O–H groups in total. The molecule has 8 atom stereocenters. The molecule has 21 heteroatoms.